The summed E-state index contributed by atoms with van der Waals surface area (Å²) in [5, 5.41) is 21.4. The number of aryl methyl sites for hydroxylation is 2. The fourth-order valence-electron chi connectivity index (χ4n) is 4.72. The van der Waals surface area contributed by atoms with E-state index in [1.54, 1.807) is 13.0 Å². The van der Waals surface area contributed by atoms with E-state index < -0.39 is 34.7 Å². The highest BCUT2D eigenvalue weighted by Gasteiger charge is 2.49. The van der Waals surface area contributed by atoms with Crippen LogP contribution in [0.15, 0.2) is 59.1 Å². The Balaban J connectivity index is 1.53. The maximum absolute atomic E-state index is 13.8. The van der Waals surface area contributed by atoms with Crippen LogP contribution in [0.1, 0.15) is 46.8 Å². The lowest BCUT2D eigenvalue weighted by molar-refractivity contribution is -0.147. The number of aliphatic hydroxyl groups is 1. The van der Waals surface area contributed by atoms with E-state index in [1.807, 2.05) is 63.2 Å². The molecule has 1 fully saturated rings. The molecule has 2 heterocycles. The van der Waals surface area contributed by atoms with Crippen molar-refractivity contribution in [1.29, 1.82) is 0 Å². The van der Waals surface area contributed by atoms with E-state index in [0.717, 1.165) is 16.7 Å². The summed E-state index contributed by atoms with van der Waals surface area (Å²) in [6, 6.07) is 14.3. The van der Waals surface area contributed by atoms with Crippen molar-refractivity contribution in [3.63, 3.8) is 0 Å². The van der Waals surface area contributed by atoms with E-state index in [1.165, 1.54) is 22.7 Å². The summed E-state index contributed by atoms with van der Waals surface area (Å²) in [7, 11) is 0. The second-order valence-electron chi connectivity index (χ2n) is 10.4. The third kappa shape index (κ3) is 6.86. The van der Waals surface area contributed by atoms with Crippen LogP contribution in [0.5, 0.6) is 0 Å². The summed E-state index contributed by atoms with van der Waals surface area (Å²) < 4.78 is 4.40. The van der Waals surface area contributed by atoms with Gasteiger partial charge < -0.3 is 25.2 Å². The number of nitrogens with zero attached hydrogens (tertiary/aromatic N) is 2. The fraction of sp³-hybridized carbons (Fsp3) is 0.379. The van der Waals surface area contributed by atoms with Gasteiger partial charge in [0.15, 0.2) is 11.8 Å². The molecule has 3 unspecified atom stereocenters. The molecule has 1 aliphatic heterocycles. The second kappa shape index (κ2) is 12.4. The molecule has 3 N–H and O–H groups in total. The third-order valence-electron chi connectivity index (χ3n) is 6.94. The molecule has 212 valence electrons. The fourth-order valence-corrected chi connectivity index (χ4v) is 6.08. The lowest BCUT2D eigenvalue weighted by Gasteiger charge is -2.33. The molecular weight excluding hydrogens is 552 g/mol. The van der Waals surface area contributed by atoms with Crippen LogP contribution in [-0.2, 0) is 22.6 Å². The van der Waals surface area contributed by atoms with Gasteiger partial charge in [0.1, 0.15) is 11.8 Å². The number of aliphatic hydroxyl groups excluding tert-OH is 1. The molecule has 3 aromatic rings. The smallest absolute Gasteiger partial charge is 0.273 e. The Kier molecular flexibility index (Phi) is 9.22. The Labute approximate surface area is 242 Å². The molecule has 9 nitrogen and oxygen atoms in total. The molecule has 1 aromatic heterocycles. The standard InChI is InChI=1S/C29H33ClN4O5S/c1-17-12-21(30)11-10-20(17)15-31-27(37)25-29(3,4)40-16-34(25)28(38)24(35)22(14-19-8-6-5-7-9-19)32-26(36)23-13-18(2)39-33-23/h5-13,22,24-25,35H,14-16H2,1-4H3,(H,31,37)(H,32,36). The van der Waals surface area contributed by atoms with Gasteiger partial charge in [-0.05, 0) is 62.9 Å². The first-order valence-electron chi connectivity index (χ1n) is 12.9. The van der Waals surface area contributed by atoms with Gasteiger partial charge in [-0.1, -0.05) is 53.2 Å². The van der Waals surface area contributed by atoms with Crippen LogP contribution in [0.2, 0.25) is 5.02 Å². The van der Waals surface area contributed by atoms with Gasteiger partial charge in [0.05, 0.1) is 11.9 Å². The van der Waals surface area contributed by atoms with Crippen molar-refractivity contribution >= 4 is 41.1 Å². The van der Waals surface area contributed by atoms with Crippen molar-refractivity contribution in [3.8, 4) is 0 Å². The van der Waals surface area contributed by atoms with E-state index in [0.29, 0.717) is 10.8 Å². The number of carbonyl (C=O) groups excluding carboxylic acids is 3. The molecular formula is C29H33ClN4O5S. The minimum Gasteiger partial charge on any atom is -0.381 e. The van der Waals surface area contributed by atoms with Gasteiger partial charge in [0.2, 0.25) is 5.91 Å². The van der Waals surface area contributed by atoms with Crippen LogP contribution in [0.4, 0.5) is 0 Å². The molecule has 0 bridgehead atoms. The number of amides is 3. The summed E-state index contributed by atoms with van der Waals surface area (Å²) in [5.41, 5.74) is 2.72. The van der Waals surface area contributed by atoms with Gasteiger partial charge in [0, 0.05) is 22.4 Å². The Bertz CT molecular complexity index is 1380. The van der Waals surface area contributed by atoms with Crippen LogP contribution < -0.4 is 10.6 Å². The molecule has 2 aromatic carbocycles. The SMILES string of the molecule is Cc1cc(C(=O)NC(Cc2ccccc2)C(O)C(=O)N2CSC(C)(C)C2C(=O)NCc2ccc(Cl)cc2C)no1. The Morgan fingerprint density at radius 3 is 2.55 bits per heavy atom. The Morgan fingerprint density at radius 2 is 1.90 bits per heavy atom. The van der Waals surface area contributed by atoms with Crippen molar-refractivity contribution in [2.45, 2.75) is 63.6 Å². The summed E-state index contributed by atoms with van der Waals surface area (Å²) in [6.07, 6.45) is -1.42. The predicted molar refractivity (Wildman–Crippen MR) is 154 cm³/mol. The molecule has 0 spiro atoms. The average molecular weight is 585 g/mol. The highest BCUT2D eigenvalue weighted by atomic mass is 35.5. The minimum absolute atomic E-state index is 0.0443. The van der Waals surface area contributed by atoms with Gasteiger partial charge in [0.25, 0.3) is 11.8 Å². The second-order valence-corrected chi connectivity index (χ2v) is 12.4. The average Bonchev–Trinajstić information content (AvgIpc) is 3.49. The molecule has 3 atom stereocenters. The van der Waals surface area contributed by atoms with Crippen LogP contribution in [0, 0.1) is 13.8 Å². The van der Waals surface area contributed by atoms with Gasteiger partial charge in [-0.2, -0.15) is 0 Å². The monoisotopic (exact) mass is 584 g/mol. The largest absolute Gasteiger partial charge is 0.381 e. The molecule has 1 aliphatic rings. The first-order chi connectivity index (χ1) is 19.0. The first kappa shape index (κ1) is 29.6. The topological polar surface area (TPSA) is 125 Å². The zero-order valence-corrected chi connectivity index (χ0v) is 24.4. The third-order valence-corrected chi connectivity index (χ3v) is 8.55. The number of carbonyl (C=O) groups is 3. The molecule has 11 heteroatoms. The number of benzene rings is 2. The van der Waals surface area contributed by atoms with Crippen molar-refractivity contribution < 1.29 is 24.0 Å². The zero-order chi connectivity index (χ0) is 29.0. The summed E-state index contributed by atoms with van der Waals surface area (Å²) >= 11 is 7.51. The van der Waals surface area contributed by atoms with Crippen molar-refractivity contribution in [2.75, 3.05) is 5.88 Å². The van der Waals surface area contributed by atoms with Gasteiger partial charge >= 0.3 is 0 Å². The van der Waals surface area contributed by atoms with E-state index in [2.05, 4.69) is 15.8 Å². The lowest BCUT2D eigenvalue weighted by atomic mass is 9.97. The number of hydrogen-bond acceptors (Lipinski definition) is 7. The summed E-state index contributed by atoms with van der Waals surface area (Å²) in [5.74, 6) is -0.867. The van der Waals surface area contributed by atoms with Crippen molar-refractivity contribution in [3.05, 3.63) is 87.8 Å². The quantitative estimate of drug-likeness (QED) is 0.351. The van der Waals surface area contributed by atoms with Gasteiger partial charge in [-0.15, -0.1) is 11.8 Å². The Morgan fingerprint density at radius 1 is 1.18 bits per heavy atom. The highest BCUT2D eigenvalue weighted by Crippen LogP contribution is 2.40. The van der Waals surface area contributed by atoms with Gasteiger partial charge in [-0.3, -0.25) is 14.4 Å². The van der Waals surface area contributed by atoms with E-state index >= 15 is 0 Å². The number of rotatable bonds is 9. The predicted octanol–water partition coefficient (Wildman–Crippen LogP) is 3.64. The van der Waals surface area contributed by atoms with Crippen LogP contribution >= 0.6 is 23.4 Å². The molecule has 0 aliphatic carbocycles. The molecule has 3 amide bonds. The van der Waals surface area contributed by atoms with Crippen LogP contribution in [-0.4, -0.2) is 61.7 Å². The molecule has 0 radical (unpaired) electrons. The normalized spacial score (nSPS) is 17.8. The maximum Gasteiger partial charge on any atom is 0.273 e. The van der Waals surface area contributed by atoms with E-state index in [4.69, 9.17) is 16.1 Å². The molecule has 40 heavy (non-hydrogen) atoms. The molecule has 0 saturated carbocycles. The number of nitrogens with one attached hydrogen (secondary N) is 2. The summed E-state index contributed by atoms with van der Waals surface area (Å²) in [4.78, 5) is 41.5. The number of thioether (sulfide) groups is 1. The van der Waals surface area contributed by atoms with Crippen molar-refractivity contribution in [1.82, 2.24) is 20.7 Å². The zero-order valence-electron chi connectivity index (χ0n) is 22.8. The first-order valence-corrected chi connectivity index (χ1v) is 14.3. The summed E-state index contributed by atoms with van der Waals surface area (Å²) in [6.45, 7) is 7.64. The van der Waals surface area contributed by atoms with Crippen LogP contribution in [0.25, 0.3) is 0 Å². The van der Waals surface area contributed by atoms with E-state index in [9.17, 15) is 19.5 Å². The van der Waals surface area contributed by atoms with Crippen LogP contribution in [0.3, 0.4) is 0 Å². The number of hydrogen-bond donors (Lipinski definition) is 3. The van der Waals surface area contributed by atoms with E-state index in [-0.39, 0.29) is 30.4 Å². The van der Waals surface area contributed by atoms with Gasteiger partial charge in [-0.25, -0.2) is 0 Å². The van der Waals surface area contributed by atoms with Crippen molar-refractivity contribution in [2.24, 2.45) is 0 Å². The highest BCUT2D eigenvalue weighted by molar-refractivity contribution is 8.00. The maximum atomic E-state index is 13.8. The Hall–Kier alpha value is -3.34. The molecule has 1 saturated heterocycles. The molecule has 4 rings (SSSR count). The lowest BCUT2D eigenvalue weighted by Crippen LogP contribution is -2.58. The minimum atomic E-state index is -1.61. The number of halogens is 1. The number of aromatic nitrogens is 1.